The van der Waals surface area contributed by atoms with Crippen LogP contribution in [-0.2, 0) is 16.6 Å². The Balaban J connectivity index is 1.98. The van der Waals surface area contributed by atoms with Crippen molar-refractivity contribution >= 4 is 5.91 Å². The molecule has 2 rings (SSSR count). The van der Waals surface area contributed by atoms with Gasteiger partial charge >= 0.3 is 0 Å². The predicted octanol–water partition coefficient (Wildman–Crippen LogP) is 0.305. The number of carbonyl (C=O) groups is 1. The Morgan fingerprint density at radius 3 is 3.05 bits per heavy atom. The van der Waals surface area contributed by atoms with Crippen molar-refractivity contribution in [1.29, 1.82) is 0 Å². The van der Waals surface area contributed by atoms with E-state index in [1.165, 1.54) is 0 Å². The molecule has 1 fully saturated rings. The van der Waals surface area contributed by atoms with Gasteiger partial charge in [0.1, 0.15) is 6.04 Å². The number of rotatable bonds is 5. The summed E-state index contributed by atoms with van der Waals surface area (Å²) >= 11 is 0. The maximum absolute atomic E-state index is 12.4. The van der Waals surface area contributed by atoms with E-state index in [1.807, 2.05) is 18.9 Å². The number of aryl methyl sites for hydroxylation is 1. The van der Waals surface area contributed by atoms with Crippen LogP contribution in [0, 0.1) is 5.92 Å². The summed E-state index contributed by atoms with van der Waals surface area (Å²) in [7, 11) is 1.81. The highest BCUT2D eigenvalue weighted by Crippen LogP contribution is 2.17. The molecule has 19 heavy (non-hydrogen) atoms. The molecule has 6 heteroatoms. The van der Waals surface area contributed by atoms with Gasteiger partial charge in [-0.2, -0.15) is 5.10 Å². The predicted molar refractivity (Wildman–Crippen MR) is 71.3 cm³/mol. The van der Waals surface area contributed by atoms with Crippen LogP contribution in [0.25, 0.3) is 0 Å². The van der Waals surface area contributed by atoms with E-state index < -0.39 is 6.04 Å². The molecule has 1 aromatic rings. The van der Waals surface area contributed by atoms with Gasteiger partial charge in [0, 0.05) is 44.4 Å². The number of amides is 1. The van der Waals surface area contributed by atoms with E-state index in [1.54, 1.807) is 17.1 Å². The standard InChI is InChI=1S/C13H22N4O2/c1-3-17(7-10-4-5-19-9-10)13(18)12(14)11-6-15-16(2)8-11/h6,8,10,12H,3-5,7,9,14H2,1-2H3. The Bertz CT molecular complexity index is 426. The van der Waals surface area contributed by atoms with E-state index in [-0.39, 0.29) is 5.91 Å². The first-order valence-electron chi connectivity index (χ1n) is 6.72. The van der Waals surface area contributed by atoms with Gasteiger partial charge in [0.05, 0.1) is 12.8 Å². The van der Waals surface area contributed by atoms with Gasteiger partial charge in [-0.3, -0.25) is 9.48 Å². The molecule has 1 saturated heterocycles. The van der Waals surface area contributed by atoms with Gasteiger partial charge in [-0.1, -0.05) is 0 Å². The molecular weight excluding hydrogens is 244 g/mol. The van der Waals surface area contributed by atoms with E-state index >= 15 is 0 Å². The van der Waals surface area contributed by atoms with Crippen LogP contribution < -0.4 is 5.73 Å². The number of likely N-dealkylation sites (N-methyl/N-ethyl adjacent to an activating group) is 1. The second-order valence-corrected chi connectivity index (χ2v) is 5.03. The Kier molecular flexibility index (Phi) is 4.55. The summed E-state index contributed by atoms with van der Waals surface area (Å²) in [5, 5.41) is 4.05. The highest BCUT2D eigenvalue weighted by molar-refractivity contribution is 5.82. The van der Waals surface area contributed by atoms with Crippen molar-refractivity contribution in [3.8, 4) is 0 Å². The van der Waals surface area contributed by atoms with Crippen molar-refractivity contribution in [2.24, 2.45) is 18.7 Å². The number of ether oxygens (including phenoxy) is 1. The van der Waals surface area contributed by atoms with Gasteiger partial charge < -0.3 is 15.4 Å². The monoisotopic (exact) mass is 266 g/mol. The molecule has 0 radical (unpaired) electrons. The van der Waals surface area contributed by atoms with Gasteiger partial charge in [0.2, 0.25) is 5.91 Å². The number of hydrogen-bond acceptors (Lipinski definition) is 4. The molecule has 0 saturated carbocycles. The van der Waals surface area contributed by atoms with E-state index in [4.69, 9.17) is 10.5 Å². The summed E-state index contributed by atoms with van der Waals surface area (Å²) < 4.78 is 7.00. The fourth-order valence-corrected chi connectivity index (χ4v) is 2.35. The van der Waals surface area contributed by atoms with Crippen LogP contribution in [-0.4, -0.2) is 46.9 Å². The van der Waals surface area contributed by atoms with E-state index in [9.17, 15) is 4.79 Å². The lowest BCUT2D eigenvalue weighted by molar-refractivity contribution is -0.133. The highest BCUT2D eigenvalue weighted by Gasteiger charge is 2.26. The lowest BCUT2D eigenvalue weighted by atomic mass is 10.1. The van der Waals surface area contributed by atoms with Gasteiger partial charge in [-0.05, 0) is 13.3 Å². The number of carbonyl (C=O) groups excluding carboxylic acids is 1. The van der Waals surface area contributed by atoms with Crippen molar-refractivity contribution < 1.29 is 9.53 Å². The quantitative estimate of drug-likeness (QED) is 0.832. The van der Waals surface area contributed by atoms with E-state index in [0.29, 0.717) is 12.5 Å². The molecule has 1 aliphatic heterocycles. The van der Waals surface area contributed by atoms with Crippen LogP contribution in [0.15, 0.2) is 12.4 Å². The number of nitrogens with zero attached hydrogens (tertiary/aromatic N) is 3. The summed E-state index contributed by atoms with van der Waals surface area (Å²) in [6, 6.07) is -0.629. The normalized spacial score (nSPS) is 20.5. The smallest absolute Gasteiger partial charge is 0.244 e. The van der Waals surface area contributed by atoms with E-state index in [2.05, 4.69) is 5.10 Å². The summed E-state index contributed by atoms with van der Waals surface area (Å²) in [4.78, 5) is 14.2. The molecular formula is C13H22N4O2. The van der Waals surface area contributed by atoms with Crippen LogP contribution in [0.5, 0.6) is 0 Å². The Morgan fingerprint density at radius 1 is 1.74 bits per heavy atom. The summed E-state index contributed by atoms with van der Waals surface area (Å²) in [5.74, 6) is 0.396. The van der Waals surface area contributed by atoms with Crippen LogP contribution in [0.2, 0.25) is 0 Å². The maximum Gasteiger partial charge on any atom is 0.244 e. The summed E-state index contributed by atoms with van der Waals surface area (Å²) in [6.07, 6.45) is 4.45. The molecule has 106 valence electrons. The molecule has 2 unspecified atom stereocenters. The summed E-state index contributed by atoms with van der Waals surface area (Å²) in [5.41, 5.74) is 6.78. The Hall–Kier alpha value is -1.40. The molecule has 0 spiro atoms. The highest BCUT2D eigenvalue weighted by atomic mass is 16.5. The summed E-state index contributed by atoms with van der Waals surface area (Å²) in [6.45, 7) is 4.91. The average Bonchev–Trinajstić information content (AvgIpc) is 3.05. The molecule has 1 amide bonds. The zero-order valence-electron chi connectivity index (χ0n) is 11.6. The first-order valence-corrected chi connectivity index (χ1v) is 6.72. The Labute approximate surface area is 113 Å². The number of hydrogen-bond donors (Lipinski definition) is 1. The van der Waals surface area contributed by atoms with Crippen molar-refractivity contribution in [1.82, 2.24) is 14.7 Å². The third-order valence-electron chi connectivity index (χ3n) is 3.55. The SMILES string of the molecule is CCN(CC1CCOC1)C(=O)C(N)c1cnn(C)c1. The van der Waals surface area contributed by atoms with Gasteiger partial charge in [-0.25, -0.2) is 0 Å². The first-order chi connectivity index (χ1) is 9.11. The molecule has 0 bridgehead atoms. The topological polar surface area (TPSA) is 73.4 Å². The minimum absolute atomic E-state index is 0.0394. The maximum atomic E-state index is 12.4. The minimum Gasteiger partial charge on any atom is -0.381 e. The molecule has 2 heterocycles. The fourth-order valence-electron chi connectivity index (χ4n) is 2.35. The molecule has 6 nitrogen and oxygen atoms in total. The van der Waals surface area contributed by atoms with Gasteiger partial charge in [-0.15, -0.1) is 0 Å². The lowest BCUT2D eigenvalue weighted by Crippen LogP contribution is -2.41. The third kappa shape index (κ3) is 3.33. The zero-order valence-corrected chi connectivity index (χ0v) is 11.6. The van der Waals surface area contributed by atoms with Crippen molar-refractivity contribution in [3.05, 3.63) is 18.0 Å². The third-order valence-corrected chi connectivity index (χ3v) is 3.55. The van der Waals surface area contributed by atoms with Crippen molar-refractivity contribution in [2.45, 2.75) is 19.4 Å². The molecule has 1 aromatic heterocycles. The first kappa shape index (κ1) is 14.0. The fraction of sp³-hybridized carbons (Fsp3) is 0.692. The number of aromatic nitrogens is 2. The van der Waals surface area contributed by atoms with Crippen LogP contribution in [0.4, 0.5) is 0 Å². The van der Waals surface area contributed by atoms with E-state index in [0.717, 1.165) is 31.7 Å². The van der Waals surface area contributed by atoms with Crippen LogP contribution >= 0.6 is 0 Å². The van der Waals surface area contributed by atoms with Crippen molar-refractivity contribution in [3.63, 3.8) is 0 Å². The van der Waals surface area contributed by atoms with Crippen LogP contribution in [0.1, 0.15) is 24.9 Å². The molecule has 1 aliphatic rings. The van der Waals surface area contributed by atoms with Crippen LogP contribution in [0.3, 0.4) is 0 Å². The molecule has 2 atom stereocenters. The molecule has 0 aliphatic carbocycles. The van der Waals surface area contributed by atoms with Crippen molar-refractivity contribution in [2.75, 3.05) is 26.3 Å². The average molecular weight is 266 g/mol. The lowest BCUT2D eigenvalue weighted by Gasteiger charge is -2.26. The number of nitrogens with two attached hydrogens (primary N) is 1. The molecule has 2 N–H and O–H groups in total. The van der Waals surface area contributed by atoms with Gasteiger partial charge in [0.15, 0.2) is 0 Å². The second kappa shape index (κ2) is 6.16. The Morgan fingerprint density at radius 2 is 2.53 bits per heavy atom. The second-order valence-electron chi connectivity index (χ2n) is 5.03. The largest absolute Gasteiger partial charge is 0.381 e. The zero-order chi connectivity index (χ0) is 13.8. The minimum atomic E-state index is -0.629. The van der Waals surface area contributed by atoms with Gasteiger partial charge in [0.25, 0.3) is 0 Å². The molecule has 0 aromatic carbocycles.